The Bertz CT molecular complexity index is 575. The number of methoxy groups -OCH3 is 2. The minimum Gasteiger partial charge on any atom is -0.493 e. The van der Waals surface area contributed by atoms with E-state index in [-0.39, 0.29) is 24.0 Å². The third-order valence-corrected chi connectivity index (χ3v) is 4.47. The number of aliphatic imine (C=N–C) groups is 1. The molecule has 0 aliphatic heterocycles. The molecule has 148 valence electrons. The molecule has 1 saturated carbocycles. The number of guanidine groups is 1. The van der Waals surface area contributed by atoms with Crippen LogP contribution in [0.2, 0.25) is 0 Å². The van der Waals surface area contributed by atoms with Crippen molar-refractivity contribution in [1.82, 2.24) is 15.5 Å². The van der Waals surface area contributed by atoms with Crippen LogP contribution in [0.25, 0.3) is 0 Å². The summed E-state index contributed by atoms with van der Waals surface area (Å²) in [6, 6.07) is 7.30. The monoisotopic (exact) mass is 476 g/mol. The summed E-state index contributed by atoms with van der Waals surface area (Å²) in [4.78, 5) is 6.87. The van der Waals surface area contributed by atoms with Crippen LogP contribution >= 0.6 is 24.0 Å². The Morgan fingerprint density at radius 2 is 1.88 bits per heavy atom. The third-order valence-electron chi connectivity index (χ3n) is 4.47. The van der Waals surface area contributed by atoms with Crippen LogP contribution in [0, 0.1) is 0 Å². The SMILES string of the molecule is CN=C(NCCN(C(C)C)C1CC1)NCc1ccc(OC)c(OC)c1.I. The van der Waals surface area contributed by atoms with Gasteiger partial charge in [0.1, 0.15) is 0 Å². The molecule has 2 rings (SSSR count). The Balaban J connectivity index is 0.00000338. The molecular weight excluding hydrogens is 443 g/mol. The molecule has 6 nitrogen and oxygen atoms in total. The van der Waals surface area contributed by atoms with E-state index in [4.69, 9.17) is 9.47 Å². The van der Waals surface area contributed by atoms with Gasteiger partial charge in [0.2, 0.25) is 0 Å². The number of benzene rings is 1. The second-order valence-corrected chi connectivity index (χ2v) is 6.60. The van der Waals surface area contributed by atoms with Gasteiger partial charge in [-0.05, 0) is 44.4 Å². The van der Waals surface area contributed by atoms with Crippen molar-refractivity contribution < 1.29 is 9.47 Å². The van der Waals surface area contributed by atoms with Crippen LogP contribution in [0.1, 0.15) is 32.3 Å². The van der Waals surface area contributed by atoms with Crippen LogP contribution in [0.3, 0.4) is 0 Å². The topological polar surface area (TPSA) is 58.1 Å². The zero-order valence-electron chi connectivity index (χ0n) is 16.5. The molecule has 1 aromatic rings. The van der Waals surface area contributed by atoms with Crippen molar-refractivity contribution in [3.8, 4) is 11.5 Å². The minimum absolute atomic E-state index is 0. The molecule has 1 aliphatic carbocycles. The van der Waals surface area contributed by atoms with Crippen LogP contribution in [-0.2, 0) is 6.54 Å². The minimum atomic E-state index is 0. The van der Waals surface area contributed by atoms with E-state index in [9.17, 15) is 0 Å². The summed E-state index contributed by atoms with van der Waals surface area (Å²) in [5.41, 5.74) is 1.11. The molecule has 0 heterocycles. The van der Waals surface area contributed by atoms with Gasteiger partial charge in [0.25, 0.3) is 0 Å². The van der Waals surface area contributed by atoms with E-state index in [2.05, 4.69) is 34.4 Å². The van der Waals surface area contributed by atoms with E-state index in [1.165, 1.54) is 12.8 Å². The zero-order chi connectivity index (χ0) is 18.2. The molecule has 0 spiro atoms. The third kappa shape index (κ3) is 6.83. The first-order valence-corrected chi connectivity index (χ1v) is 9.00. The smallest absolute Gasteiger partial charge is 0.191 e. The van der Waals surface area contributed by atoms with Gasteiger partial charge in [0, 0.05) is 38.8 Å². The Morgan fingerprint density at radius 3 is 2.42 bits per heavy atom. The Kier molecular flexibility index (Phi) is 10.1. The summed E-state index contributed by atoms with van der Waals surface area (Å²) >= 11 is 0. The molecule has 0 radical (unpaired) electrons. The Morgan fingerprint density at radius 1 is 1.19 bits per heavy atom. The molecular formula is C19H33IN4O2. The van der Waals surface area contributed by atoms with Crippen LogP contribution in [-0.4, -0.2) is 57.3 Å². The van der Waals surface area contributed by atoms with Crippen LogP contribution in [0.4, 0.5) is 0 Å². The summed E-state index contributed by atoms with van der Waals surface area (Å²) in [7, 11) is 5.09. The van der Waals surface area contributed by atoms with Crippen LogP contribution < -0.4 is 20.1 Å². The molecule has 1 aromatic carbocycles. The number of nitrogens with one attached hydrogen (secondary N) is 2. The Hall–Kier alpha value is -1.22. The van der Waals surface area contributed by atoms with Crippen molar-refractivity contribution in [2.24, 2.45) is 4.99 Å². The van der Waals surface area contributed by atoms with E-state index in [0.717, 1.165) is 42.2 Å². The van der Waals surface area contributed by atoms with Gasteiger partial charge in [-0.2, -0.15) is 0 Å². The lowest BCUT2D eigenvalue weighted by atomic mass is 10.2. The highest BCUT2D eigenvalue weighted by molar-refractivity contribution is 14.0. The molecule has 0 amide bonds. The molecule has 1 fully saturated rings. The van der Waals surface area contributed by atoms with E-state index in [0.29, 0.717) is 12.6 Å². The normalized spacial score (nSPS) is 14.2. The lowest BCUT2D eigenvalue weighted by Gasteiger charge is -2.26. The molecule has 7 heteroatoms. The fraction of sp³-hybridized carbons (Fsp3) is 0.632. The number of rotatable bonds is 9. The van der Waals surface area contributed by atoms with Crippen molar-refractivity contribution in [2.45, 2.75) is 45.3 Å². The van der Waals surface area contributed by atoms with Crippen molar-refractivity contribution >= 4 is 29.9 Å². The fourth-order valence-corrected chi connectivity index (χ4v) is 2.97. The first kappa shape index (κ1) is 22.8. The molecule has 2 N–H and O–H groups in total. The largest absolute Gasteiger partial charge is 0.493 e. The number of halogens is 1. The fourth-order valence-electron chi connectivity index (χ4n) is 2.97. The second-order valence-electron chi connectivity index (χ2n) is 6.60. The van der Waals surface area contributed by atoms with E-state index in [1.54, 1.807) is 21.3 Å². The summed E-state index contributed by atoms with van der Waals surface area (Å²) in [6.07, 6.45) is 2.68. The maximum absolute atomic E-state index is 5.35. The standard InChI is InChI=1S/C19H32N4O2.HI/c1-14(2)23(16-7-8-16)11-10-21-19(20-3)22-13-15-6-9-17(24-4)18(12-15)25-5;/h6,9,12,14,16H,7-8,10-11,13H2,1-5H3,(H2,20,21,22);1H. The van der Waals surface area contributed by atoms with Crippen molar-refractivity contribution in [3.63, 3.8) is 0 Å². The average molecular weight is 476 g/mol. The summed E-state index contributed by atoms with van der Waals surface area (Å²) < 4.78 is 10.6. The quantitative estimate of drug-likeness (QED) is 0.326. The van der Waals surface area contributed by atoms with E-state index < -0.39 is 0 Å². The molecule has 0 aromatic heterocycles. The predicted molar refractivity (Wildman–Crippen MR) is 118 cm³/mol. The van der Waals surface area contributed by atoms with Crippen LogP contribution in [0.15, 0.2) is 23.2 Å². The zero-order valence-corrected chi connectivity index (χ0v) is 18.9. The van der Waals surface area contributed by atoms with Gasteiger partial charge in [0.05, 0.1) is 14.2 Å². The first-order chi connectivity index (χ1) is 12.1. The molecule has 0 atom stereocenters. The lowest BCUT2D eigenvalue weighted by Crippen LogP contribution is -2.43. The number of hydrogen-bond acceptors (Lipinski definition) is 4. The lowest BCUT2D eigenvalue weighted by molar-refractivity contribution is 0.215. The van der Waals surface area contributed by atoms with Gasteiger partial charge in [-0.25, -0.2) is 0 Å². The second kappa shape index (κ2) is 11.5. The highest BCUT2D eigenvalue weighted by Gasteiger charge is 2.30. The van der Waals surface area contributed by atoms with Crippen molar-refractivity contribution in [1.29, 1.82) is 0 Å². The van der Waals surface area contributed by atoms with Crippen LogP contribution in [0.5, 0.6) is 11.5 Å². The maximum Gasteiger partial charge on any atom is 0.191 e. The number of ether oxygens (including phenoxy) is 2. The summed E-state index contributed by atoms with van der Waals surface area (Å²) in [5, 5.41) is 6.75. The first-order valence-electron chi connectivity index (χ1n) is 9.00. The van der Waals surface area contributed by atoms with E-state index >= 15 is 0 Å². The summed E-state index contributed by atoms with van der Waals surface area (Å²) in [6.45, 7) is 7.14. The van der Waals surface area contributed by atoms with Gasteiger partial charge < -0.3 is 20.1 Å². The maximum atomic E-state index is 5.35. The predicted octanol–water partition coefficient (Wildman–Crippen LogP) is 2.86. The Labute approximate surface area is 174 Å². The van der Waals surface area contributed by atoms with Crippen molar-refractivity contribution in [3.05, 3.63) is 23.8 Å². The molecule has 26 heavy (non-hydrogen) atoms. The van der Waals surface area contributed by atoms with Gasteiger partial charge in [-0.1, -0.05) is 6.07 Å². The van der Waals surface area contributed by atoms with Gasteiger partial charge in [-0.15, -0.1) is 24.0 Å². The van der Waals surface area contributed by atoms with Crippen molar-refractivity contribution in [2.75, 3.05) is 34.4 Å². The highest BCUT2D eigenvalue weighted by atomic mass is 127. The summed E-state index contributed by atoms with van der Waals surface area (Å²) in [5.74, 6) is 2.29. The number of nitrogens with zero attached hydrogens (tertiary/aromatic N) is 2. The van der Waals surface area contributed by atoms with Gasteiger partial charge in [0.15, 0.2) is 17.5 Å². The van der Waals surface area contributed by atoms with E-state index in [1.807, 2.05) is 18.2 Å². The average Bonchev–Trinajstić information content (AvgIpc) is 3.45. The molecule has 0 saturated heterocycles. The van der Waals surface area contributed by atoms with Gasteiger partial charge >= 0.3 is 0 Å². The molecule has 0 unspecified atom stereocenters. The number of hydrogen-bond donors (Lipinski definition) is 2. The molecule has 0 bridgehead atoms. The highest BCUT2D eigenvalue weighted by Crippen LogP contribution is 2.28. The van der Waals surface area contributed by atoms with Gasteiger partial charge in [-0.3, -0.25) is 9.89 Å². The molecule has 1 aliphatic rings.